The molecule has 2 aromatic carbocycles. The average molecular weight is 408 g/mol. The summed E-state index contributed by atoms with van der Waals surface area (Å²) in [5.41, 5.74) is 11.1. The van der Waals surface area contributed by atoms with E-state index in [1.54, 1.807) is 6.92 Å². The van der Waals surface area contributed by atoms with Crippen LogP contribution in [-0.2, 0) is 6.18 Å². The third kappa shape index (κ3) is 5.50. The van der Waals surface area contributed by atoms with E-state index in [9.17, 15) is 22.4 Å². The topological polar surface area (TPSA) is 93.2 Å². The van der Waals surface area contributed by atoms with Gasteiger partial charge in [0.05, 0.1) is 22.5 Å². The van der Waals surface area contributed by atoms with Crippen LogP contribution in [0.15, 0.2) is 60.1 Å². The minimum absolute atomic E-state index is 0.107. The Bertz CT molecular complexity index is 977. The molecule has 0 heterocycles. The number of carbonyl (C=O) groups excluding carboxylic acids is 1. The lowest BCUT2D eigenvalue weighted by Crippen LogP contribution is -2.26. The number of amides is 1. The van der Waals surface area contributed by atoms with Crippen molar-refractivity contribution in [2.24, 2.45) is 11.5 Å². The van der Waals surface area contributed by atoms with Crippen LogP contribution in [0, 0.1) is 12.7 Å². The molecule has 2 rings (SSSR count). The Morgan fingerprint density at radius 3 is 2.31 bits per heavy atom. The highest BCUT2D eigenvalue weighted by atomic mass is 19.4. The summed E-state index contributed by atoms with van der Waals surface area (Å²) in [4.78, 5) is 12.7. The van der Waals surface area contributed by atoms with E-state index in [1.165, 1.54) is 31.2 Å². The van der Waals surface area contributed by atoms with Gasteiger partial charge in [0.1, 0.15) is 5.82 Å². The monoisotopic (exact) mass is 408 g/mol. The number of nitrogens with one attached hydrogen (secondary N) is 2. The molecular formula is C20H20F4N4O. The Balaban J connectivity index is 2.51. The van der Waals surface area contributed by atoms with Gasteiger partial charge in [0.25, 0.3) is 5.91 Å². The first-order valence-corrected chi connectivity index (χ1v) is 8.43. The molecule has 2 aromatic rings. The van der Waals surface area contributed by atoms with Crippen molar-refractivity contribution >= 4 is 17.3 Å². The second-order valence-corrected chi connectivity index (χ2v) is 6.25. The van der Waals surface area contributed by atoms with Crippen molar-refractivity contribution in [2.75, 3.05) is 5.32 Å². The summed E-state index contributed by atoms with van der Waals surface area (Å²) in [6.07, 6.45) is -2.18. The first kappa shape index (κ1) is 21.8. The van der Waals surface area contributed by atoms with Crippen LogP contribution < -0.4 is 22.1 Å². The minimum atomic E-state index is -4.64. The lowest BCUT2D eigenvalue weighted by atomic mass is 10.1. The first-order valence-electron chi connectivity index (χ1n) is 8.43. The third-order valence-corrected chi connectivity index (χ3v) is 3.99. The van der Waals surface area contributed by atoms with E-state index in [1.807, 2.05) is 0 Å². The second kappa shape index (κ2) is 8.68. The zero-order valence-corrected chi connectivity index (χ0v) is 15.7. The van der Waals surface area contributed by atoms with Crippen LogP contribution in [0.2, 0.25) is 0 Å². The molecule has 154 valence electrons. The fourth-order valence-electron chi connectivity index (χ4n) is 2.49. The summed E-state index contributed by atoms with van der Waals surface area (Å²) in [6.45, 7) is 3.13. The van der Waals surface area contributed by atoms with Gasteiger partial charge in [-0.25, -0.2) is 4.39 Å². The van der Waals surface area contributed by atoms with Crippen molar-refractivity contribution in [3.05, 3.63) is 82.6 Å². The standard InChI is InChI=1S/C20H20F4N4O/c1-11-9-14(21)4-6-16(11)27-18-5-3-13(20(22,23)24)10-15(18)19(29)28-17(7-8-25)12(2)26/h3-10,27H,25-26H2,1-2H3,(H,28,29)/b8-7-,17-12+. The van der Waals surface area contributed by atoms with Gasteiger partial charge in [0.15, 0.2) is 0 Å². The molecule has 0 saturated heterocycles. The number of halogens is 4. The number of benzene rings is 2. The lowest BCUT2D eigenvalue weighted by molar-refractivity contribution is -0.137. The average Bonchev–Trinajstić information content (AvgIpc) is 2.62. The van der Waals surface area contributed by atoms with E-state index in [0.29, 0.717) is 11.3 Å². The van der Waals surface area contributed by atoms with Crippen LogP contribution in [0.25, 0.3) is 0 Å². The Labute approximate surface area is 165 Å². The van der Waals surface area contributed by atoms with Gasteiger partial charge in [-0.3, -0.25) is 4.79 Å². The number of allylic oxidation sites excluding steroid dienone is 2. The number of alkyl halides is 3. The molecule has 0 radical (unpaired) electrons. The number of hydrogen-bond acceptors (Lipinski definition) is 4. The third-order valence-electron chi connectivity index (χ3n) is 3.99. The van der Waals surface area contributed by atoms with Gasteiger partial charge in [0.2, 0.25) is 0 Å². The zero-order chi connectivity index (χ0) is 21.8. The van der Waals surface area contributed by atoms with Crippen LogP contribution in [0.5, 0.6) is 0 Å². The maximum Gasteiger partial charge on any atom is 0.416 e. The smallest absolute Gasteiger partial charge is 0.405 e. The molecule has 0 spiro atoms. The molecule has 1 amide bonds. The highest BCUT2D eigenvalue weighted by Gasteiger charge is 2.32. The van der Waals surface area contributed by atoms with Gasteiger partial charge < -0.3 is 22.1 Å². The molecule has 6 N–H and O–H groups in total. The van der Waals surface area contributed by atoms with E-state index in [0.717, 1.165) is 24.4 Å². The zero-order valence-electron chi connectivity index (χ0n) is 15.7. The van der Waals surface area contributed by atoms with Crippen molar-refractivity contribution in [1.29, 1.82) is 0 Å². The summed E-state index contributed by atoms with van der Waals surface area (Å²) in [5.74, 6) is -1.28. The fourth-order valence-corrected chi connectivity index (χ4v) is 2.49. The molecule has 0 unspecified atom stereocenters. The molecule has 29 heavy (non-hydrogen) atoms. The van der Waals surface area contributed by atoms with Gasteiger partial charge in [-0.15, -0.1) is 0 Å². The molecule has 0 fully saturated rings. The molecule has 5 nitrogen and oxygen atoms in total. The molecule has 0 aliphatic rings. The Hall–Kier alpha value is -3.49. The molecule has 0 aliphatic heterocycles. The Morgan fingerprint density at radius 2 is 1.76 bits per heavy atom. The molecule has 0 saturated carbocycles. The van der Waals surface area contributed by atoms with E-state index in [2.05, 4.69) is 10.6 Å². The summed E-state index contributed by atoms with van der Waals surface area (Å²) in [5, 5.41) is 5.32. The quantitative estimate of drug-likeness (QED) is 0.439. The summed E-state index contributed by atoms with van der Waals surface area (Å²) >= 11 is 0. The minimum Gasteiger partial charge on any atom is -0.405 e. The predicted molar refractivity (Wildman–Crippen MR) is 104 cm³/mol. The molecule has 9 heteroatoms. The SMILES string of the molecule is C/C(N)=C(/C=C\N)NC(=O)c1cc(C(F)(F)F)ccc1Nc1ccc(F)cc1C. The molecule has 0 atom stereocenters. The largest absolute Gasteiger partial charge is 0.416 e. The van der Waals surface area contributed by atoms with Gasteiger partial charge in [0, 0.05) is 11.4 Å². The maximum atomic E-state index is 13.3. The number of nitrogens with two attached hydrogens (primary N) is 2. The summed E-state index contributed by atoms with van der Waals surface area (Å²) < 4.78 is 52.8. The van der Waals surface area contributed by atoms with Crippen molar-refractivity contribution < 1.29 is 22.4 Å². The number of hydrogen-bond donors (Lipinski definition) is 4. The lowest BCUT2D eigenvalue weighted by Gasteiger charge is -2.17. The predicted octanol–water partition coefficient (Wildman–Crippen LogP) is 4.29. The van der Waals surface area contributed by atoms with Crippen molar-refractivity contribution in [3.8, 4) is 0 Å². The van der Waals surface area contributed by atoms with Crippen LogP contribution in [-0.4, -0.2) is 5.91 Å². The van der Waals surface area contributed by atoms with Crippen LogP contribution >= 0.6 is 0 Å². The fraction of sp³-hybridized carbons (Fsp3) is 0.150. The van der Waals surface area contributed by atoms with Crippen molar-refractivity contribution in [1.82, 2.24) is 5.32 Å². The van der Waals surface area contributed by atoms with Gasteiger partial charge in [-0.05, 0) is 68.1 Å². The van der Waals surface area contributed by atoms with E-state index >= 15 is 0 Å². The van der Waals surface area contributed by atoms with E-state index in [-0.39, 0.29) is 22.6 Å². The van der Waals surface area contributed by atoms with E-state index in [4.69, 9.17) is 11.5 Å². The molecular weight excluding hydrogens is 388 g/mol. The number of rotatable bonds is 5. The van der Waals surface area contributed by atoms with E-state index < -0.39 is 23.5 Å². The highest BCUT2D eigenvalue weighted by molar-refractivity contribution is 6.01. The highest BCUT2D eigenvalue weighted by Crippen LogP contribution is 2.33. The Kier molecular flexibility index (Phi) is 6.53. The number of aryl methyl sites for hydroxylation is 1. The maximum absolute atomic E-state index is 13.3. The second-order valence-electron chi connectivity index (χ2n) is 6.25. The van der Waals surface area contributed by atoms with Crippen LogP contribution in [0.1, 0.15) is 28.4 Å². The molecule has 0 aromatic heterocycles. The summed E-state index contributed by atoms with van der Waals surface area (Å²) in [6, 6.07) is 6.60. The van der Waals surface area contributed by atoms with Crippen molar-refractivity contribution in [3.63, 3.8) is 0 Å². The molecule has 0 aliphatic carbocycles. The number of carbonyl (C=O) groups is 1. The van der Waals surface area contributed by atoms with Crippen LogP contribution in [0.3, 0.4) is 0 Å². The van der Waals surface area contributed by atoms with Gasteiger partial charge >= 0.3 is 6.18 Å². The molecule has 0 bridgehead atoms. The normalized spacial score (nSPS) is 12.6. The van der Waals surface area contributed by atoms with Gasteiger partial charge in [-0.1, -0.05) is 0 Å². The first-order chi connectivity index (χ1) is 13.5. The summed E-state index contributed by atoms with van der Waals surface area (Å²) in [7, 11) is 0. The Morgan fingerprint density at radius 1 is 1.10 bits per heavy atom. The van der Waals surface area contributed by atoms with Crippen molar-refractivity contribution in [2.45, 2.75) is 20.0 Å². The van der Waals surface area contributed by atoms with Gasteiger partial charge in [-0.2, -0.15) is 13.2 Å². The van der Waals surface area contributed by atoms with Crippen LogP contribution in [0.4, 0.5) is 28.9 Å². The number of anilines is 2.